The van der Waals surface area contributed by atoms with Gasteiger partial charge in [0, 0.05) is 44.4 Å². The van der Waals surface area contributed by atoms with Crippen LogP contribution in [-0.2, 0) is 4.74 Å². The zero-order chi connectivity index (χ0) is 18.5. The van der Waals surface area contributed by atoms with Crippen LogP contribution in [0.3, 0.4) is 0 Å². The Morgan fingerprint density at radius 3 is 3.00 bits per heavy atom. The summed E-state index contributed by atoms with van der Waals surface area (Å²) in [7, 11) is 1.69. The van der Waals surface area contributed by atoms with E-state index in [1.54, 1.807) is 31.3 Å². The van der Waals surface area contributed by atoms with Crippen LogP contribution < -0.4 is 5.32 Å². The van der Waals surface area contributed by atoms with Crippen molar-refractivity contribution in [3.8, 4) is 5.75 Å². The summed E-state index contributed by atoms with van der Waals surface area (Å²) in [6, 6.07) is 3.52. The van der Waals surface area contributed by atoms with Crippen molar-refractivity contribution in [3.63, 3.8) is 0 Å². The summed E-state index contributed by atoms with van der Waals surface area (Å²) in [5, 5.41) is 13.1. The van der Waals surface area contributed by atoms with Gasteiger partial charge in [0.25, 0.3) is 5.91 Å². The van der Waals surface area contributed by atoms with Crippen LogP contribution in [0, 0.1) is 6.92 Å². The van der Waals surface area contributed by atoms with E-state index in [0.717, 1.165) is 24.5 Å². The normalized spacial score (nSPS) is 16.5. The minimum absolute atomic E-state index is 0.111. The SMILES string of the molecule is Cc1cc(C(=O)N(C)CCNc2cc(C3CCOC3)ncn2)c(O)cn1. The number of rotatable bonds is 6. The quantitative estimate of drug-likeness (QED) is 0.809. The molecule has 2 N–H and O–H groups in total. The molecule has 1 amide bonds. The maximum Gasteiger partial charge on any atom is 0.257 e. The molecule has 138 valence electrons. The van der Waals surface area contributed by atoms with Gasteiger partial charge in [0.05, 0.1) is 24.1 Å². The highest BCUT2D eigenvalue weighted by molar-refractivity contribution is 5.96. The fourth-order valence-corrected chi connectivity index (χ4v) is 2.84. The Kier molecular flexibility index (Phi) is 5.62. The van der Waals surface area contributed by atoms with Crippen LogP contribution in [0.5, 0.6) is 5.75 Å². The fourth-order valence-electron chi connectivity index (χ4n) is 2.84. The molecule has 8 nitrogen and oxygen atoms in total. The molecule has 0 bridgehead atoms. The molecular formula is C18H23N5O3. The first kappa shape index (κ1) is 18.1. The van der Waals surface area contributed by atoms with E-state index < -0.39 is 0 Å². The first-order valence-corrected chi connectivity index (χ1v) is 8.59. The van der Waals surface area contributed by atoms with Crippen LogP contribution in [0.25, 0.3) is 0 Å². The van der Waals surface area contributed by atoms with Crippen molar-refractivity contribution in [3.05, 3.63) is 41.6 Å². The molecule has 0 spiro atoms. The molecule has 0 aromatic carbocycles. The van der Waals surface area contributed by atoms with E-state index in [-0.39, 0.29) is 17.2 Å². The van der Waals surface area contributed by atoms with Gasteiger partial charge in [-0.15, -0.1) is 0 Å². The first-order chi connectivity index (χ1) is 12.5. The number of hydrogen-bond donors (Lipinski definition) is 2. The third-order valence-corrected chi connectivity index (χ3v) is 4.39. The number of likely N-dealkylation sites (N-methyl/N-ethyl adjacent to an activating group) is 1. The van der Waals surface area contributed by atoms with Gasteiger partial charge in [-0.05, 0) is 19.4 Å². The highest BCUT2D eigenvalue weighted by Crippen LogP contribution is 2.24. The number of nitrogens with one attached hydrogen (secondary N) is 1. The van der Waals surface area contributed by atoms with Gasteiger partial charge >= 0.3 is 0 Å². The number of aromatic nitrogens is 3. The van der Waals surface area contributed by atoms with Crippen LogP contribution in [0.2, 0.25) is 0 Å². The lowest BCUT2D eigenvalue weighted by molar-refractivity contribution is 0.0797. The molecule has 0 radical (unpaired) electrons. The number of carbonyl (C=O) groups is 1. The molecule has 1 aliphatic rings. The van der Waals surface area contributed by atoms with Crippen molar-refractivity contribution in [1.29, 1.82) is 0 Å². The van der Waals surface area contributed by atoms with Gasteiger partial charge in [-0.25, -0.2) is 9.97 Å². The number of carbonyl (C=O) groups excluding carboxylic acids is 1. The Morgan fingerprint density at radius 2 is 2.23 bits per heavy atom. The lowest BCUT2D eigenvalue weighted by Gasteiger charge is -2.18. The Hall–Kier alpha value is -2.74. The van der Waals surface area contributed by atoms with E-state index in [9.17, 15) is 9.90 Å². The molecular weight excluding hydrogens is 334 g/mol. The van der Waals surface area contributed by atoms with Crippen LogP contribution in [-0.4, -0.2) is 64.2 Å². The van der Waals surface area contributed by atoms with Crippen molar-refractivity contribution >= 4 is 11.7 Å². The molecule has 1 saturated heterocycles. The number of anilines is 1. The highest BCUT2D eigenvalue weighted by atomic mass is 16.5. The lowest BCUT2D eigenvalue weighted by Crippen LogP contribution is -2.31. The average Bonchev–Trinajstić information content (AvgIpc) is 3.18. The minimum atomic E-state index is -0.249. The first-order valence-electron chi connectivity index (χ1n) is 8.59. The number of amides is 1. The molecule has 2 aromatic heterocycles. The summed E-state index contributed by atoms with van der Waals surface area (Å²) in [5.74, 6) is 0.687. The maximum atomic E-state index is 12.5. The predicted molar refractivity (Wildman–Crippen MR) is 96.3 cm³/mol. The number of nitrogens with zero attached hydrogens (tertiary/aromatic N) is 4. The molecule has 1 atom stereocenters. The number of aryl methyl sites for hydroxylation is 1. The number of ether oxygens (including phenoxy) is 1. The van der Waals surface area contributed by atoms with Gasteiger partial charge < -0.3 is 20.1 Å². The monoisotopic (exact) mass is 357 g/mol. The molecule has 0 saturated carbocycles. The second-order valence-electron chi connectivity index (χ2n) is 6.38. The molecule has 1 fully saturated rings. The van der Waals surface area contributed by atoms with E-state index in [1.165, 1.54) is 6.20 Å². The average molecular weight is 357 g/mol. The summed E-state index contributed by atoms with van der Waals surface area (Å²) in [6.45, 7) is 4.24. The van der Waals surface area contributed by atoms with E-state index >= 15 is 0 Å². The smallest absolute Gasteiger partial charge is 0.257 e. The van der Waals surface area contributed by atoms with Gasteiger partial charge in [-0.1, -0.05) is 0 Å². The number of pyridine rings is 1. The van der Waals surface area contributed by atoms with Crippen LogP contribution >= 0.6 is 0 Å². The predicted octanol–water partition coefficient (Wildman–Crippen LogP) is 1.57. The minimum Gasteiger partial charge on any atom is -0.505 e. The molecule has 1 unspecified atom stereocenters. The summed E-state index contributed by atoms with van der Waals surface area (Å²) in [5.41, 5.74) is 1.91. The van der Waals surface area contributed by atoms with Crippen molar-refractivity contribution < 1.29 is 14.6 Å². The molecule has 3 rings (SSSR count). The summed E-state index contributed by atoms with van der Waals surface area (Å²) < 4.78 is 5.40. The summed E-state index contributed by atoms with van der Waals surface area (Å²) >= 11 is 0. The van der Waals surface area contributed by atoms with Crippen molar-refractivity contribution in [2.24, 2.45) is 0 Å². The fraction of sp³-hybridized carbons (Fsp3) is 0.444. The van der Waals surface area contributed by atoms with Crippen molar-refractivity contribution in [2.75, 3.05) is 38.7 Å². The molecule has 8 heteroatoms. The molecule has 3 heterocycles. The van der Waals surface area contributed by atoms with Gasteiger partial charge in [0.2, 0.25) is 0 Å². The molecule has 26 heavy (non-hydrogen) atoms. The van der Waals surface area contributed by atoms with Crippen molar-refractivity contribution in [2.45, 2.75) is 19.3 Å². The van der Waals surface area contributed by atoms with Gasteiger partial charge in [-0.2, -0.15) is 0 Å². The summed E-state index contributed by atoms with van der Waals surface area (Å²) in [4.78, 5) is 26.5. The van der Waals surface area contributed by atoms with Crippen LogP contribution in [0.15, 0.2) is 24.7 Å². The maximum absolute atomic E-state index is 12.5. The van der Waals surface area contributed by atoms with E-state index in [0.29, 0.717) is 31.3 Å². The topological polar surface area (TPSA) is 100 Å². The highest BCUT2D eigenvalue weighted by Gasteiger charge is 2.20. The largest absolute Gasteiger partial charge is 0.505 e. The van der Waals surface area contributed by atoms with E-state index in [2.05, 4.69) is 20.3 Å². The van der Waals surface area contributed by atoms with Crippen LogP contribution in [0.4, 0.5) is 5.82 Å². The number of hydrogen-bond acceptors (Lipinski definition) is 7. The molecule has 1 aliphatic heterocycles. The van der Waals surface area contributed by atoms with Gasteiger partial charge in [-0.3, -0.25) is 9.78 Å². The van der Waals surface area contributed by atoms with E-state index in [1.807, 2.05) is 6.07 Å². The Labute approximate surface area is 152 Å². The molecule has 2 aromatic rings. The van der Waals surface area contributed by atoms with Crippen LogP contribution in [0.1, 0.15) is 34.1 Å². The van der Waals surface area contributed by atoms with Crippen molar-refractivity contribution in [1.82, 2.24) is 19.9 Å². The second kappa shape index (κ2) is 8.09. The third kappa shape index (κ3) is 4.26. The lowest BCUT2D eigenvalue weighted by atomic mass is 10.1. The number of aromatic hydroxyl groups is 1. The molecule has 0 aliphatic carbocycles. The Bertz CT molecular complexity index is 777. The second-order valence-corrected chi connectivity index (χ2v) is 6.38. The Morgan fingerprint density at radius 1 is 1.38 bits per heavy atom. The standard InChI is InChI=1S/C18H23N5O3/c1-12-7-14(16(24)9-20-12)18(25)23(2)5-4-19-17-8-15(21-11-22-17)13-3-6-26-10-13/h7-9,11,13,24H,3-6,10H2,1-2H3,(H,19,21,22). The Balaban J connectivity index is 1.55. The van der Waals surface area contributed by atoms with Gasteiger partial charge in [0.1, 0.15) is 17.9 Å². The third-order valence-electron chi connectivity index (χ3n) is 4.39. The summed E-state index contributed by atoms with van der Waals surface area (Å²) in [6.07, 6.45) is 3.81. The van der Waals surface area contributed by atoms with E-state index in [4.69, 9.17) is 4.74 Å². The zero-order valence-electron chi connectivity index (χ0n) is 15.0. The van der Waals surface area contributed by atoms with Gasteiger partial charge in [0.15, 0.2) is 0 Å². The zero-order valence-corrected chi connectivity index (χ0v) is 15.0.